The molecule has 14 rings (SSSR count). The molecular formula is C56H35BrN2. The van der Waals surface area contributed by atoms with Crippen LogP contribution in [-0.2, 0) is 0 Å². The van der Waals surface area contributed by atoms with Crippen LogP contribution in [0.3, 0.4) is 0 Å². The summed E-state index contributed by atoms with van der Waals surface area (Å²) in [5.74, 6) is 0.416. The minimum absolute atomic E-state index is 0.198. The lowest BCUT2D eigenvalue weighted by Crippen LogP contribution is -2.28. The van der Waals surface area contributed by atoms with E-state index in [1.165, 1.54) is 109 Å². The molecule has 2 heterocycles. The van der Waals surface area contributed by atoms with E-state index < -0.39 is 0 Å². The molecule has 9 aromatic carbocycles. The lowest BCUT2D eigenvalue weighted by atomic mass is 9.60. The molecule has 0 fully saturated rings. The zero-order valence-electron chi connectivity index (χ0n) is 32.0. The number of hydrogen-bond acceptors (Lipinski definition) is 0. The molecule has 59 heavy (non-hydrogen) atoms. The highest BCUT2D eigenvalue weighted by Gasteiger charge is 2.43. The van der Waals surface area contributed by atoms with E-state index in [0.717, 1.165) is 5.69 Å². The molecule has 0 saturated carbocycles. The first-order chi connectivity index (χ1) is 29.2. The topological polar surface area (TPSA) is 9.86 Å². The molecule has 2 nitrogen and oxygen atoms in total. The molecule has 0 radical (unpaired) electrons. The maximum atomic E-state index is 4.02. The Bertz CT molecular complexity index is 3470. The van der Waals surface area contributed by atoms with Crippen LogP contribution in [0, 0.1) is 0 Å². The molecule has 2 bridgehead atoms. The molecule has 0 N–H and O–H groups in total. The number of halogens is 1. The third kappa shape index (κ3) is 4.68. The predicted octanol–water partition coefficient (Wildman–Crippen LogP) is 15.0. The van der Waals surface area contributed by atoms with Gasteiger partial charge in [0.15, 0.2) is 0 Å². The highest BCUT2D eigenvalue weighted by atomic mass is 79.9. The Labute approximate surface area is 350 Å². The summed E-state index contributed by atoms with van der Waals surface area (Å²) >= 11 is 4.02. The van der Waals surface area contributed by atoms with Crippen molar-refractivity contribution >= 4 is 59.5 Å². The molecule has 3 aliphatic rings. The van der Waals surface area contributed by atoms with Gasteiger partial charge in [-0.3, -0.25) is 0 Å². The second-order valence-electron chi connectivity index (χ2n) is 16.1. The molecule has 0 unspecified atom stereocenters. The summed E-state index contributed by atoms with van der Waals surface area (Å²) in [5, 5.41) is 5.04. The Morgan fingerprint density at radius 1 is 0.322 bits per heavy atom. The molecule has 0 atom stereocenters. The summed E-state index contributed by atoms with van der Waals surface area (Å²) in [6.45, 7) is 0. The van der Waals surface area contributed by atoms with Crippen LogP contribution in [0.2, 0.25) is 0 Å². The van der Waals surface area contributed by atoms with Crippen LogP contribution in [0.5, 0.6) is 0 Å². The summed E-state index contributed by atoms with van der Waals surface area (Å²) in [6, 6.07) is 74.2. The van der Waals surface area contributed by atoms with E-state index >= 15 is 0 Å². The zero-order valence-corrected chi connectivity index (χ0v) is 33.6. The van der Waals surface area contributed by atoms with Crippen LogP contribution in [0.15, 0.2) is 205 Å². The van der Waals surface area contributed by atoms with Crippen molar-refractivity contribution in [1.29, 1.82) is 0 Å². The van der Waals surface area contributed by atoms with Gasteiger partial charge in [0.1, 0.15) is 0 Å². The van der Waals surface area contributed by atoms with Crippen molar-refractivity contribution in [2.24, 2.45) is 0 Å². The average molecular weight is 816 g/mol. The molecule has 0 aliphatic heterocycles. The monoisotopic (exact) mass is 814 g/mol. The Morgan fingerprint density at radius 2 is 0.746 bits per heavy atom. The Balaban J connectivity index is 0.925. The standard InChI is InChI=1S/C56H35BrN2/c57-48-29-28-39(55-53-42-16-4-6-18-44(42)54(56(48)55)45-19-7-5-17-43(45)53)34-22-26-38(27-23-34)59-50-21-11-9-15-41(50)47-33-36(25-31-52(47)59)35-24-30-51-46(32-35)40-14-8-10-20-49(40)58(51)37-12-2-1-3-13-37/h1-33,53-54H. The third-order valence-corrected chi connectivity index (χ3v) is 13.9. The molecular weight excluding hydrogens is 781 g/mol. The fourth-order valence-electron chi connectivity index (χ4n) is 10.7. The van der Waals surface area contributed by atoms with E-state index in [2.05, 4.69) is 225 Å². The molecule has 3 heteroatoms. The van der Waals surface area contributed by atoms with Crippen LogP contribution in [0.4, 0.5) is 0 Å². The van der Waals surface area contributed by atoms with Crippen molar-refractivity contribution in [1.82, 2.24) is 9.13 Å². The van der Waals surface area contributed by atoms with E-state index in [4.69, 9.17) is 0 Å². The van der Waals surface area contributed by atoms with Gasteiger partial charge in [-0.15, -0.1) is 0 Å². The highest BCUT2D eigenvalue weighted by molar-refractivity contribution is 9.10. The van der Waals surface area contributed by atoms with E-state index in [1.807, 2.05) is 0 Å². The van der Waals surface area contributed by atoms with Gasteiger partial charge in [0.25, 0.3) is 0 Å². The minimum atomic E-state index is 0.198. The van der Waals surface area contributed by atoms with Crippen molar-refractivity contribution in [3.63, 3.8) is 0 Å². The van der Waals surface area contributed by atoms with Crippen LogP contribution >= 0.6 is 15.9 Å². The van der Waals surface area contributed by atoms with Gasteiger partial charge in [-0.2, -0.15) is 0 Å². The first-order valence-electron chi connectivity index (χ1n) is 20.4. The van der Waals surface area contributed by atoms with E-state index in [1.54, 1.807) is 0 Å². The fraction of sp³-hybridized carbons (Fsp3) is 0.0357. The van der Waals surface area contributed by atoms with Crippen molar-refractivity contribution in [3.8, 4) is 33.6 Å². The number of rotatable bonds is 4. The zero-order chi connectivity index (χ0) is 38.8. The Morgan fingerprint density at radius 3 is 1.29 bits per heavy atom. The van der Waals surface area contributed by atoms with Crippen LogP contribution in [-0.4, -0.2) is 9.13 Å². The van der Waals surface area contributed by atoms with Gasteiger partial charge >= 0.3 is 0 Å². The maximum Gasteiger partial charge on any atom is 0.0541 e. The summed E-state index contributed by atoms with van der Waals surface area (Å²) in [7, 11) is 0. The number of fused-ring (bicyclic) bond motifs is 6. The lowest BCUT2D eigenvalue weighted by Gasteiger charge is -2.43. The number of aromatic nitrogens is 2. The third-order valence-electron chi connectivity index (χ3n) is 13.2. The van der Waals surface area contributed by atoms with Gasteiger partial charge in [-0.25, -0.2) is 0 Å². The molecule has 3 aliphatic carbocycles. The second-order valence-corrected chi connectivity index (χ2v) is 17.0. The van der Waals surface area contributed by atoms with Crippen molar-refractivity contribution in [2.75, 3.05) is 0 Å². The SMILES string of the molecule is Brc1ccc(-c2ccc(-n3c4ccccc4c4cc(-c5ccc6c(c5)c5ccccc5n6-c5ccccc5)ccc43)cc2)c2c1C1c3ccccc3C2c2ccccc21. The lowest BCUT2D eigenvalue weighted by molar-refractivity contribution is 0.752. The predicted molar refractivity (Wildman–Crippen MR) is 248 cm³/mol. The summed E-state index contributed by atoms with van der Waals surface area (Å²) in [6.07, 6.45) is 0. The molecule has 0 spiro atoms. The number of hydrogen-bond donors (Lipinski definition) is 0. The van der Waals surface area contributed by atoms with Gasteiger partial charge in [0.2, 0.25) is 0 Å². The normalized spacial score (nSPS) is 15.2. The maximum absolute atomic E-state index is 4.02. The van der Waals surface area contributed by atoms with Gasteiger partial charge in [0.05, 0.1) is 22.1 Å². The van der Waals surface area contributed by atoms with E-state index in [0.29, 0.717) is 0 Å². The molecule has 0 amide bonds. The van der Waals surface area contributed by atoms with Crippen LogP contribution in [0.1, 0.15) is 45.2 Å². The Kier molecular flexibility index (Phi) is 7.02. The van der Waals surface area contributed by atoms with Gasteiger partial charge in [0, 0.05) is 49.2 Å². The minimum Gasteiger partial charge on any atom is -0.309 e. The summed E-state index contributed by atoms with van der Waals surface area (Å²) in [5.41, 5.74) is 20.7. The van der Waals surface area contributed by atoms with Gasteiger partial charge < -0.3 is 9.13 Å². The molecule has 276 valence electrons. The van der Waals surface area contributed by atoms with Crippen LogP contribution < -0.4 is 0 Å². The first-order valence-corrected chi connectivity index (χ1v) is 21.2. The number of para-hydroxylation sites is 3. The molecule has 11 aromatic rings. The fourth-order valence-corrected chi connectivity index (χ4v) is 11.3. The summed E-state index contributed by atoms with van der Waals surface area (Å²) < 4.78 is 6.00. The second kappa shape index (κ2) is 12.5. The average Bonchev–Trinajstić information content (AvgIpc) is 3.81. The summed E-state index contributed by atoms with van der Waals surface area (Å²) in [4.78, 5) is 0. The Hall–Kier alpha value is -6.94. The number of nitrogens with zero attached hydrogens (tertiary/aromatic N) is 2. The quantitative estimate of drug-likeness (QED) is 0.167. The van der Waals surface area contributed by atoms with E-state index in [-0.39, 0.29) is 11.8 Å². The van der Waals surface area contributed by atoms with Crippen molar-refractivity contribution in [3.05, 3.63) is 238 Å². The van der Waals surface area contributed by atoms with Gasteiger partial charge in [-0.05, 0) is 122 Å². The van der Waals surface area contributed by atoms with Crippen LogP contribution in [0.25, 0.3) is 77.2 Å². The largest absolute Gasteiger partial charge is 0.309 e. The molecule has 0 saturated heterocycles. The van der Waals surface area contributed by atoms with E-state index in [9.17, 15) is 0 Å². The number of benzene rings is 9. The van der Waals surface area contributed by atoms with Crippen molar-refractivity contribution < 1.29 is 0 Å². The molecule has 2 aromatic heterocycles. The van der Waals surface area contributed by atoms with Gasteiger partial charge in [-0.1, -0.05) is 149 Å². The first kappa shape index (κ1) is 33.1. The highest BCUT2D eigenvalue weighted by Crippen LogP contribution is 2.59. The smallest absolute Gasteiger partial charge is 0.0541 e. The van der Waals surface area contributed by atoms with Crippen molar-refractivity contribution in [2.45, 2.75) is 11.8 Å².